The van der Waals surface area contributed by atoms with Crippen LogP contribution >= 0.6 is 0 Å². The number of nitrogens with zero attached hydrogens (tertiary/aromatic N) is 5. The SMILES string of the molecule is CCn1cc(C2CCN(c3cc(OC)nc(COC)n3)CC2)cn1. The first kappa shape index (κ1) is 16.7. The van der Waals surface area contributed by atoms with Crippen LogP contribution in [-0.4, -0.2) is 47.1 Å². The van der Waals surface area contributed by atoms with E-state index < -0.39 is 0 Å². The van der Waals surface area contributed by atoms with Gasteiger partial charge in [-0.2, -0.15) is 10.1 Å². The molecule has 3 heterocycles. The molecule has 24 heavy (non-hydrogen) atoms. The van der Waals surface area contributed by atoms with Crippen LogP contribution in [0.3, 0.4) is 0 Å². The van der Waals surface area contributed by atoms with Crippen molar-refractivity contribution in [2.45, 2.75) is 38.8 Å². The minimum absolute atomic E-state index is 0.386. The highest BCUT2D eigenvalue weighted by Gasteiger charge is 2.23. The Labute approximate surface area is 142 Å². The zero-order chi connectivity index (χ0) is 16.9. The molecule has 0 radical (unpaired) electrons. The van der Waals surface area contributed by atoms with Gasteiger partial charge < -0.3 is 14.4 Å². The van der Waals surface area contributed by atoms with Crippen molar-refractivity contribution in [2.24, 2.45) is 0 Å². The van der Waals surface area contributed by atoms with Crippen molar-refractivity contribution in [3.05, 3.63) is 29.8 Å². The van der Waals surface area contributed by atoms with E-state index in [1.165, 1.54) is 5.56 Å². The molecule has 1 saturated heterocycles. The van der Waals surface area contributed by atoms with Gasteiger partial charge in [0.15, 0.2) is 5.82 Å². The normalized spacial score (nSPS) is 15.7. The fourth-order valence-corrected chi connectivity index (χ4v) is 3.12. The third-order valence-electron chi connectivity index (χ3n) is 4.49. The largest absolute Gasteiger partial charge is 0.481 e. The standard InChI is InChI=1S/C17H25N5O2/c1-4-22-11-14(10-18-22)13-5-7-21(8-6-13)16-9-17(24-3)20-15(19-16)12-23-2/h9-11,13H,4-8,12H2,1-3H3. The fraction of sp³-hybridized carbons (Fsp3) is 0.588. The molecule has 3 rings (SSSR count). The summed E-state index contributed by atoms with van der Waals surface area (Å²) in [6, 6.07) is 1.90. The first-order chi connectivity index (χ1) is 11.7. The quantitative estimate of drug-likeness (QED) is 0.809. The Balaban J connectivity index is 1.68. The maximum Gasteiger partial charge on any atom is 0.218 e. The van der Waals surface area contributed by atoms with Crippen molar-refractivity contribution in [3.63, 3.8) is 0 Å². The van der Waals surface area contributed by atoms with Crippen LogP contribution in [-0.2, 0) is 17.9 Å². The van der Waals surface area contributed by atoms with Gasteiger partial charge in [0.25, 0.3) is 0 Å². The number of anilines is 1. The summed E-state index contributed by atoms with van der Waals surface area (Å²) in [6.07, 6.45) is 6.38. The van der Waals surface area contributed by atoms with Crippen molar-refractivity contribution in [1.82, 2.24) is 19.7 Å². The third kappa shape index (κ3) is 3.67. The van der Waals surface area contributed by atoms with Crippen molar-refractivity contribution in [2.75, 3.05) is 32.2 Å². The molecule has 130 valence electrons. The van der Waals surface area contributed by atoms with Gasteiger partial charge in [0.05, 0.1) is 13.3 Å². The lowest BCUT2D eigenvalue weighted by molar-refractivity contribution is 0.177. The van der Waals surface area contributed by atoms with E-state index in [9.17, 15) is 0 Å². The summed E-state index contributed by atoms with van der Waals surface area (Å²) in [5.74, 6) is 2.72. The Bertz CT molecular complexity index is 665. The van der Waals surface area contributed by atoms with Crippen molar-refractivity contribution in [1.29, 1.82) is 0 Å². The molecule has 1 fully saturated rings. The van der Waals surface area contributed by atoms with Crippen LogP contribution in [0.25, 0.3) is 0 Å². The first-order valence-electron chi connectivity index (χ1n) is 8.41. The predicted molar refractivity (Wildman–Crippen MR) is 91.4 cm³/mol. The van der Waals surface area contributed by atoms with Crippen molar-refractivity contribution < 1.29 is 9.47 Å². The Morgan fingerprint density at radius 1 is 1.21 bits per heavy atom. The average molecular weight is 331 g/mol. The van der Waals surface area contributed by atoms with E-state index >= 15 is 0 Å². The highest BCUT2D eigenvalue weighted by Crippen LogP contribution is 2.30. The molecule has 0 aliphatic carbocycles. The lowest BCUT2D eigenvalue weighted by Gasteiger charge is -2.32. The Hall–Kier alpha value is -2.15. The molecule has 0 spiro atoms. The second-order valence-electron chi connectivity index (χ2n) is 6.01. The lowest BCUT2D eigenvalue weighted by Crippen LogP contribution is -2.33. The molecular formula is C17H25N5O2. The second kappa shape index (κ2) is 7.61. The van der Waals surface area contributed by atoms with Gasteiger partial charge in [0, 0.05) is 39.0 Å². The first-order valence-corrected chi connectivity index (χ1v) is 8.41. The molecule has 7 nitrogen and oxygen atoms in total. The van der Waals surface area contributed by atoms with Crippen molar-refractivity contribution >= 4 is 5.82 Å². The monoisotopic (exact) mass is 331 g/mol. The molecule has 2 aromatic rings. The van der Waals surface area contributed by atoms with Gasteiger partial charge in [-0.15, -0.1) is 0 Å². The summed E-state index contributed by atoms with van der Waals surface area (Å²) in [7, 11) is 3.27. The summed E-state index contributed by atoms with van der Waals surface area (Å²) in [6.45, 7) is 5.35. The zero-order valence-corrected chi connectivity index (χ0v) is 14.6. The van der Waals surface area contributed by atoms with E-state index in [-0.39, 0.29) is 0 Å². The molecule has 0 amide bonds. The number of piperidine rings is 1. The Kier molecular flexibility index (Phi) is 5.30. The van der Waals surface area contributed by atoms with E-state index in [4.69, 9.17) is 9.47 Å². The number of hydrogen-bond donors (Lipinski definition) is 0. The molecule has 0 aromatic carbocycles. The highest BCUT2D eigenvalue weighted by atomic mass is 16.5. The molecule has 2 aromatic heterocycles. The van der Waals surface area contributed by atoms with E-state index in [1.54, 1.807) is 14.2 Å². The third-order valence-corrected chi connectivity index (χ3v) is 4.49. The van der Waals surface area contributed by atoms with Crippen LogP contribution in [0.15, 0.2) is 18.5 Å². The van der Waals surface area contributed by atoms with Gasteiger partial charge in [-0.1, -0.05) is 0 Å². The Morgan fingerprint density at radius 3 is 2.62 bits per heavy atom. The average Bonchev–Trinajstić information content (AvgIpc) is 3.11. The van der Waals surface area contributed by atoms with E-state index in [1.807, 2.05) is 16.9 Å². The molecule has 7 heteroatoms. The van der Waals surface area contributed by atoms with Gasteiger partial charge in [0.1, 0.15) is 12.4 Å². The fourth-order valence-electron chi connectivity index (χ4n) is 3.12. The maximum absolute atomic E-state index is 5.29. The predicted octanol–water partition coefficient (Wildman–Crippen LogP) is 2.23. The molecule has 0 bridgehead atoms. The van der Waals surface area contributed by atoms with E-state index in [0.717, 1.165) is 38.3 Å². The zero-order valence-electron chi connectivity index (χ0n) is 14.6. The molecule has 0 unspecified atom stereocenters. The minimum Gasteiger partial charge on any atom is -0.481 e. The summed E-state index contributed by atoms with van der Waals surface area (Å²) < 4.78 is 12.4. The van der Waals surface area contributed by atoms with Gasteiger partial charge >= 0.3 is 0 Å². The maximum atomic E-state index is 5.29. The number of ether oxygens (including phenoxy) is 2. The van der Waals surface area contributed by atoms with Crippen LogP contribution in [0, 0.1) is 0 Å². The van der Waals surface area contributed by atoms with E-state index in [0.29, 0.717) is 24.2 Å². The number of aryl methyl sites for hydroxylation is 1. The van der Waals surface area contributed by atoms with Crippen LogP contribution in [0.4, 0.5) is 5.82 Å². The van der Waals surface area contributed by atoms with E-state index in [2.05, 4.69) is 33.1 Å². The van der Waals surface area contributed by atoms with Crippen LogP contribution < -0.4 is 9.64 Å². The molecular weight excluding hydrogens is 306 g/mol. The van der Waals surface area contributed by atoms with Crippen LogP contribution in [0.1, 0.15) is 37.1 Å². The number of aromatic nitrogens is 4. The summed E-state index contributed by atoms with van der Waals surface area (Å²) in [4.78, 5) is 11.2. The van der Waals surface area contributed by atoms with Gasteiger partial charge in [0.2, 0.25) is 5.88 Å². The lowest BCUT2D eigenvalue weighted by atomic mass is 9.91. The van der Waals surface area contributed by atoms with Gasteiger partial charge in [-0.3, -0.25) is 4.68 Å². The summed E-state index contributed by atoms with van der Waals surface area (Å²) in [5.41, 5.74) is 1.34. The molecule has 1 aliphatic rings. The summed E-state index contributed by atoms with van der Waals surface area (Å²) >= 11 is 0. The molecule has 1 aliphatic heterocycles. The number of hydrogen-bond acceptors (Lipinski definition) is 6. The van der Waals surface area contributed by atoms with Crippen LogP contribution in [0.5, 0.6) is 5.88 Å². The number of rotatable bonds is 6. The molecule has 0 saturated carbocycles. The summed E-state index contributed by atoms with van der Waals surface area (Å²) in [5, 5.41) is 4.39. The number of methoxy groups -OCH3 is 2. The van der Waals surface area contributed by atoms with Gasteiger partial charge in [-0.05, 0) is 31.2 Å². The smallest absolute Gasteiger partial charge is 0.218 e. The second-order valence-corrected chi connectivity index (χ2v) is 6.01. The van der Waals surface area contributed by atoms with Gasteiger partial charge in [-0.25, -0.2) is 4.98 Å². The highest BCUT2D eigenvalue weighted by molar-refractivity contribution is 5.42. The minimum atomic E-state index is 0.386. The van der Waals surface area contributed by atoms with Crippen LogP contribution in [0.2, 0.25) is 0 Å². The topological polar surface area (TPSA) is 65.3 Å². The molecule has 0 atom stereocenters. The Morgan fingerprint density at radius 2 is 2.00 bits per heavy atom. The molecule has 0 N–H and O–H groups in total. The van der Waals surface area contributed by atoms with Crippen molar-refractivity contribution in [3.8, 4) is 5.88 Å².